The maximum atomic E-state index is 11.8. The molecule has 0 atom stereocenters. The van der Waals surface area contributed by atoms with Gasteiger partial charge in [-0.2, -0.15) is 0 Å². The molecule has 0 bridgehead atoms. The Morgan fingerprint density at radius 3 is 2.76 bits per heavy atom. The zero-order valence-corrected chi connectivity index (χ0v) is 10.8. The summed E-state index contributed by atoms with van der Waals surface area (Å²) in [6, 6.07) is 3.13. The normalized spacial score (nSPS) is 11.6. The van der Waals surface area contributed by atoms with E-state index in [1.54, 1.807) is 6.07 Å². The van der Waals surface area contributed by atoms with E-state index in [9.17, 15) is 8.42 Å². The van der Waals surface area contributed by atoms with Gasteiger partial charge in [0.15, 0.2) is 5.03 Å². The first kappa shape index (κ1) is 13.9. The van der Waals surface area contributed by atoms with E-state index in [4.69, 9.17) is 5.73 Å². The molecule has 0 saturated heterocycles. The smallest absolute Gasteiger partial charge is 0.260 e. The van der Waals surface area contributed by atoms with Gasteiger partial charge in [0.2, 0.25) is 0 Å². The Hall–Kier alpha value is -1.14. The molecule has 0 aliphatic heterocycles. The van der Waals surface area contributed by atoms with Crippen molar-refractivity contribution in [1.82, 2.24) is 9.71 Å². The number of nitrogens with two attached hydrogens (primary N) is 1. The van der Waals surface area contributed by atoms with Crippen molar-refractivity contribution >= 4 is 15.7 Å². The van der Waals surface area contributed by atoms with Crippen LogP contribution in [0.4, 0.5) is 5.69 Å². The number of pyridine rings is 1. The second-order valence-electron chi connectivity index (χ2n) is 3.86. The van der Waals surface area contributed by atoms with Gasteiger partial charge in [0.05, 0.1) is 5.69 Å². The van der Waals surface area contributed by atoms with Crippen LogP contribution in [0, 0.1) is 0 Å². The molecule has 0 aliphatic carbocycles. The summed E-state index contributed by atoms with van der Waals surface area (Å²) >= 11 is 0. The van der Waals surface area contributed by atoms with Gasteiger partial charge in [-0.1, -0.05) is 26.2 Å². The van der Waals surface area contributed by atoms with E-state index in [0.717, 1.165) is 25.7 Å². The Morgan fingerprint density at radius 1 is 1.35 bits per heavy atom. The molecule has 0 aliphatic rings. The van der Waals surface area contributed by atoms with Gasteiger partial charge in [-0.25, -0.2) is 18.1 Å². The highest BCUT2D eigenvalue weighted by molar-refractivity contribution is 7.89. The summed E-state index contributed by atoms with van der Waals surface area (Å²) in [6.07, 6.45) is 5.52. The van der Waals surface area contributed by atoms with E-state index in [2.05, 4.69) is 16.6 Å². The van der Waals surface area contributed by atoms with Crippen molar-refractivity contribution in [1.29, 1.82) is 0 Å². The van der Waals surface area contributed by atoms with Crippen molar-refractivity contribution in [2.75, 3.05) is 12.3 Å². The Kier molecular flexibility index (Phi) is 5.37. The Morgan fingerprint density at radius 2 is 2.12 bits per heavy atom. The molecule has 3 N–H and O–H groups in total. The molecule has 1 aromatic heterocycles. The molecule has 1 aromatic rings. The molecule has 5 nitrogen and oxygen atoms in total. The van der Waals surface area contributed by atoms with Gasteiger partial charge in [0.1, 0.15) is 0 Å². The van der Waals surface area contributed by atoms with Gasteiger partial charge in [-0.15, -0.1) is 0 Å². The molecule has 0 saturated carbocycles. The van der Waals surface area contributed by atoms with Crippen LogP contribution in [0.1, 0.15) is 32.6 Å². The molecule has 0 spiro atoms. The van der Waals surface area contributed by atoms with E-state index in [1.807, 2.05) is 0 Å². The molecule has 6 heteroatoms. The predicted molar refractivity (Wildman–Crippen MR) is 68.0 cm³/mol. The summed E-state index contributed by atoms with van der Waals surface area (Å²) < 4.78 is 26.2. The number of hydrogen-bond donors (Lipinski definition) is 2. The fourth-order valence-electron chi connectivity index (χ4n) is 1.45. The van der Waals surface area contributed by atoms with Crippen molar-refractivity contribution in [3.8, 4) is 0 Å². The monoisotopic (exact) mass is 257 g/mol. The summed E-state index contributed by atoms with van der Waals surface area (Å²) in [7, 11) is -3.56. The van der Waals surface area contributed by atoms with Crippen LogP contribution < -0.4 is 10.5 Å². The van der Waals surface area contributed by atoms with E-state index >= 15 is 0 Å². The number of unbranched alkanes of at least 4 members (excludes halogenated alkanes) is 3. The maximum Gasteiger partial charge on any atom is 0.260 e. The number of nitrogen functional groups attached to an aromatic ring is 1. The largest absolute Gasteiger partial charge is 0.396 e. The number of hydrogen-bond acceptors (Lipinski definition) is 4. The number of sulfonamides is 1. The van der Waals surface area contributed by atoms with Crippen molar-refractivity contribution in [3.05, 3.63) is 18.3 Å². The lowest BCUT2D eigenvalue weighted by atomic mass is 10.2. The lowest BCUT2D eigenvalue weighted by molar-refractivity contribution is 0.570. The van der Waals surface area contributed by atoms with Gasteiger partial charge in [0, 0.05) is 12.7 Å². The number of rotatable bonds is 7. The lowest BCUT2D eigenvalue weighted by Crippen LogP contribution is -2.26. The topological polar surface area (TPSA) is 85.1 Å². The highest BCUT2D eigenvalue weighted by Gasteiger charge is 2.17. The van der Waals surface area contributed by atoms with Crippen molar-refractivity contribution in [2.45, 2.75) is 37.6 Å². The van der Waals surface area contributed by atoms with Gasteiger partial charge in [-0.3, -0.25) is 0 Å². The summed E-state index contributed by atoms with van der Waals surface area (Å²) in [5.74, 6) is 0. The third-order valence-electron chi connectivity index (χ3n) is 2.38. The molecular weight excluding hydrogens is 238 g/mol. The SMILES string of the molecule is CCCCCCNS(=O)(=O)c1ncccc1N. The predicted octanol–water partition coefficient (Wildman–Crippen LogP) is 1.52. The average molecular weight is 257 g/mol. The van der Waals surface area contributed by atoms with Gasteiger partial charge in [-0.05, 0) is 18.6 Å². The Balaban J connectivity index is 2.55. The first-order valence-electron chi connectivity index (χ1n) is 5.78. The molecule has 0 fully saturated rings. The first-order valence-corrected chi connectivity index (χ1v) is 7.26. The van der Waals surface area contributed by atoms with Crippen LogP contribution in [0.5, 0.6) is 0 Å². The average Bonchev–Trinajstić information content (AvgIpc) is 2.29. The second kappa shape index (κ2) is 6.56. The Bertz CT molecular complexity index is 446. The van der Waals surface area contributed by atoms with Crippen LogP contribution in [-0.4, -0.2) is 19.9 Å². The zero-order chi connectivity index (χ0) is 12.7. The van der Waals surface area contributed by atoms with Crippen molar-refractivity contribution < 1.29 is 8.42 Å². The number of anilines is 1. The maximum absolute atomic E-state index is 11.8. The van der Waals surface area contributed by atoms with Gasteiger partial charge in [0.25, 0.3) is 10.0 Å². The van der Waals surface area contributed by atoms with Crippen LogP contribution in [0.3, 0.4) is 0 Å². The van der Waals surface area contributed by atoms with E-state index in [0.29, 0.717) is 6.54 Å². The summed E-state index contributed by atoms with van der Waals surface area (Å²) in [5, 5.41) is -0.0875. The first-order chi connectivity index (χ1) is 8.08. The molecular formula is C11H19N3O2S. The fraction of sp³-hybridized carbons (Fsp3) is 0.545. The van der Waals surface area contributed by atoms with Gasteiger partial charge >= 0.3 is 0 Å². The number of nitrogens with one attached hydrogen (secondary N) is 1. The zero-order valence-electron chi connectivity index (χ0n) is 10.0. The standard InChI is InChI=1S/C11H19N3O2S/c1-2-3-4-5-9-14-17(15,16)11-10(12)7-6-8-13-11/h6-8,14H,2-5,9,12H2,1H3. The van der Waals surface area contributed by atoms with E-state index < -0.39 is 10.0 Å². The van der Waals surface area contributed by atoms with Crippen LogP contribution in [0.2, 0.25) is 0 Å². The minimum Gasteiger partial charge on any atom is -0.396 e. The number of nitrogens with zero attached hydrogens (tertiary/aromatic N) is 1. The highest BCUT2D eigenvalue weighted by atomic mass is 32.2. The van der Waals surface area contributed by atoms with E-state index in [-0.39, 0.29) is 10.7 Å². The van der Waals surface area contributed by atoms with Crippen LogP contribution >= 0.6 is 0 Å². The van der Waals surface area contributed by atoms with E-state index in [1.165, 1.54) is 12.3 Å². The molecule has 0 amide bonds. The minimum atomic E-state index is -3.56. The quantitative estimate of drug-likeness (QED) is 0.725. The molecule has 0 radical (unpaired) electrons. The summed E-state index contributed by atoms with van der Waals surface area (Å²) in [5.41, 5.74) is 5.75. The minimum absolute atomic E-state index is 0.0875. The molecule has 96 valence electrons. The fourth-order valence-corrected chi connectivity index (χ4v) is 2.58. The third-order valence-corrected chi connectivity index (χ3v) is 3.81. The summed E-state index contributed by atoms with van der Waals surface area (Å²) in [6.45, 7) is 2.54. The molecule has 17 heavy (non-hydrogen) atoms. The van der Waals surface area contributed by atoms with Gasteiger partial charge < -0.3 is 5.73 Å². The number of aromatic nitrogens is 1. The van der Waals surface area contributed by atoms with Crippen molar-refractivity contribution in [3.63, 3.8) is 0 Å². The van der Waals surface area contributed by atoms with Crippen LogP contribution in [-0.2, 0) is 10.0 Å². The molecule has 1 heterocycles. The van der Waals surface area contributed by atoms with Crippen LogP contribution in [0.15, 0.2) is 23.4 Å². The molecule has 0 unspecified atom stereocenters. The highest BCUT2D eigenvalue weighted by Crippen LogP contribution is 2.13. The van der Waals surface area contributed by atoms with Crippen molar-refractivity contribution in [2.24, 2.45) is 0 Å². The lowest BCUT2D eigenvalue weighted by Gasteiger charge is -2.07. The third kappa shape index (κ3) is 4.32. The summed E-state index contributed by atoms with van der Waals surface area (Å²) in [4.78, 5) is 3.79. The molecule has 0 aromatic carbocycles. The Labute approximate surface area is 102 Å². The molecule has 1 rings (SSSR count). The van der Waals surface area contributed by atoms with Crippen LogP contribution in [0.25, 0.3) is 0 Å². The second-order valence-corrected chi connectivity index (χ2v) is 5.54.